The second kappa shape index (κ2) is 1.87. The number of hydrogen-bond donors (Lipinski definition) is 1. The van der Waals surface area contributed by atoms with E-state index in [-0.39, 0.29) is 0 Å². The van der Waals surface area contributed by atoms with Gasteiger partial charge in [0, 0.05) is 6.42 Å². The fourth-order valence-corrected chi connectivity index (χ4v) is 4.10. The van der Waals surface area contributed by atoms with Crippen molar-refractivity contribution in [2.24, 2.45) is 11.8 Å². The summed E-state index contributed by atoms with van der Waals surface area (Å²) in [6.45, 7) is 0. The van der Waals surface area contributed by atoms with Gasteiger partial charge in [0.25, 0.3) is 0 Å². The van der Waals surface area contributed by atoms with Crippen LogP contribution in [0.15, 0.2) is 0 Å². The molecule has 4 aliphatic carbocycles. The van der Waals surface area contributed by atoms with Crippen LogP contribution in [-0.4, -0.2) is 16.4 Å². The van der Waals surface area contributed by atoms with E-state index in [1.165, 1.54) is 6.42 Å². The van der Waals surface area contributed by atoms with Crippen LogP contribution in [0.3, 0.4) is 0 Å². The third kappa shape index (κ3) is 0.875. The Hall–Kier alpha value is -0.110. The van der Waals surface area contributed by atoms with Crippen LogP contribution in [0.1, 0.15) is 38.5 Å². The van der Waals surface area contributed by atoms with Crippen LogP contribution in [0.5, 0.6) is 0 Å². The third-order valence-corrected chi connectivity index (χ3v) is 3.96. The van der Waals surface area contributed by atoms with Crippen LogP contribution in [0.2, 0.25) is 0 Å². The van der Waals surface area contributed by atoms with Gasteiger partial charge in [-0.2, -0.15) is 0 Å². The number of aliphatic hydroxyl groups is 1. The highest BCUT2D eigenvalue weighted by Gasteiger charge is 2.57. The maximum atomic E-state index is 14.0. The molecule has 0 heterocycles. The Labute approximate surface area is 72.0 Å². The van der Waals surface area contributed by atoms with Gasteiger partial charge in [-0.25, -0.2) is 4.39 Å². The predicted molar refractivity (Wildman–Crippen MR) is 43.5 cm³/mol. The second-order valence-corrected chi connectivity index (χ2v) is 5.34. The Morgan fingerprint density at radius 1 is 1.08 bits per heavy atom. The lowest BCUT2D eigenvalue weighted by molar-refractivity contribution is -0.170. The minimum absolute atomic E-state index is 0.424. The van der Waals surface area contributed by atoms with E-state index in [0.29, 0.717) is 18.3 Å². The Kier molecular flexibility index (Phi) is 1.14. The van der Waals surface area contributed by atoms with Crippen LogP contribution in [-0.2, 0) is 0 Å². The summed E-state index contributed by atoms with van der Waals surface area (Å²) in [5.74, 6) is 0.975. The van der Waals surface area contributed by atoms with Crippen LogP contribution in [0.25, 0.3) is 0 Å². The fraction of sp³-hybridized carbons (Fsp3) is 1.00. The molecule has 4 saturated carbocycles. The molecule has 4 atom stereocenters. The summed E-state index contributed by atoms with van der Waals surface area (Å²) in [5, 5.41) is 10.0. The molecule has 0 aromatic heterocycles. The van der Waals surface area contributed by atoms with Crippen molar-refractivity contribution in [3.63, 3.8) is 0 Å². The highest BCUT2D eigenvalue weighted by Crippen LogP contribution is 2.58. The van der Waals surface area contributed by atoms with Crippen LogP contribution in [0.4, 0.5) is 4.39 Å². The summed E-state index contributed by atoms with van der Waals surface area (Å²) >= 11 is 0. The van der Waals surface area contributed by atoms with Gasteiger partial charge >= 0.3 is 0 Å². The third-order valence-electron chi connectivity index (χ3n) is 3.96. The number of hydrogen-bond acceptors (Lipinski definition) is 1. The zero-order valence-electron chi connectivity index (χ0n) is 7.22. The molecular weight excluding hydrogens is 155 g/mol. The van der Waals surface area contributed by atoms with E-state index in [1.54, 1.807) is 0 Å². The van der Waals surface area contributed by atoms with Crippen molar-refractivity contribution < 1.29 is 9.50 Å². The monoisotopic (exact) mass is 170 g/mol. The summed E-state index contributed by atoms with van der Waals surface area (Å²) in [7, 11) is 0. The number of rotatable bonds is 0. The Morgan fingerprint density at radius 3 is 2.08 bits per heavy atom. The zero-order valence-corrected chi connectivity index (χ0v) is 7.22. The average molecular weight is 170 g/mol. The molecule has 0 spiro atoms. The Bertz CT molecular complexity index is 192. The lowest BCUT2D eigenvalue weighted by Crippen LogP contribution is -2.57. The molecule has 0 amide bonds. The van der Waals surface area contributed by atoms with E-state index < -0.39 is 11.3 Å². The molecule has 0 aromatic carbocycles. The zero-order chi connectivity index (χ0) is 8.40. The number of halogens is 1. The standard InChI is InChI=1S/C10H15FO/c11-9-2-7-1-8(3-9)5-10(12,4-7)6-9/h7-8,12H,1-6H2/t7-,8+,9?,10?. The molecule has 1 N–H and O–H groups in total. The van der Waals surface area contributed by atoms with E-state index in [4.69, 9.17) is 0 Å². The van der Waals surface area contributed by atoms with Crippen molar-refractivity contribution in [3.8, 4) is 0 Å². The van der Waals surface area contributed by atoms with Gasteiger partial charge in [-0.1, -0.05) is 0 Å². The molecule has 4 aliphatic rings. The maximum absolute atomic E-state index is 14.0. The van der Waals surface area contributed by atoms with Gasteiger partial charge in [-0.15, -0.1) is 0 Å². The van der Waals surface area contributed by atoms with Crippen molar-refractivity contribution in [3.05, 3.63) is 0 Å². The van der Waals surface area contributed by atoms with Gasteiger partial charge in [0.1, 0.15) is 5.67 Å². The summed E-state index contributed by atoms with van der Waals surface area (Å²) in [5.41, 5.74) is -1.60. The van der Waals surface area contributed by atoms with Gasteiger partial charge in [0.15, 0.2) is 0 Å². The smallest absolute Gasteiger partial charge is 0.114 e. The number of alkyl halides is 1. The van der Waals surface area contributed by atoms with Gasteiger partial charge in [-0.3, -0.25) is 0 Å². The molecule has 12 heavy (non-hydrogen) atoms. The Balaban J connectivity index is 1.98. The molecule has 2 heteroatoms. The molecule has 0 aromatic rings. The van der Waals surface area contributed by atoms with Crippen LogP contribution in [0, 0.1) is 11.8 Å². The minimum Gasteiger partial charge on any atom is -0.390 e. The van der Waals surface area contributed by atoms with Gasteiger partial charge < -0.3 is 5.11 Å². The molecule has 1 nitrogen and oxygen atoms in total. The van der Waals surface area contributed by atoms with Crippen molar-refractivity contribution in [1.29, 1.82) is 0 Å². The quantitative estimate of drug-likeness (QED) is 0.590. The first-order valence-electron chi connectivity index (χ1n) is 4.98. The first kappa shape index (κ1) is 7.31. The fourth-order valence-electron chi connectivity index (χ4n) is 4.10. The molecule has 0 aliphatic heterocycles. The largest absolute Gasteiger partial charge is 0.390 e. The van der Waals surface area contributed by atoms with Crippen LogP contribution >= 0.6 is 0 Å². The topological polar surface area (TPSA) is 20.2 Å². The van der Waals surface area contributed by atoms with Gasteiger partial charge in [-0.05, 0) is 43.9 Å². The second-order valence-electron chi connectivity index (χ2n) is 5.34. The van der Waals surface area contributed by atoms with Crippen molar-refractivity contribution >= 4 is 0 Å². The molecule has 68 valence electrons. The molecule has 4 bridgehead atoms. The SMILES string of the molecule is OC12C[C@H]3C[C@@H](C1)CC(F)(C3)C2. The molecular formula is C10H15FO. The predicted octanol–water partition coefficient (Wildman–Crippen LogP) is 2.04. The maximum Gasteiger partial charge on any atom is 0.114 e. The molecule has 0 radical (unpaired) electrons. The minimum atomic E-state index is -0.987. The van der Waals surface area contributed by atoms with E-state index in [2.05, 4.69) is 0 Å². The lowest BCUT2D eigenvalue weighted by Gasteiger charge is -2.56. The molecule has 4 rings (SSSR count). The van der Waals surface area contributed by atoms with Crippen molar-refractivity contribution in [1.82, 2.24) is 0 Å². The highest BCUT2D eigenvalue weighted by molar-refractivity contribution is 5.09. The van der Waals surface area contributed by atoms with Gasteiger partial charge in [0.2, 0.25) is 0 Å². The molecule has 2 unspecified atom stereocenters. The molecule has 4 fully saturated rings. The normalized spacial score (nSPS) is 62.5. The Morgan fingerprint density at radius 2 is 1.67 bits per heavy atom. The summed E-state index contributed by atoms with van der Waals surface area (Å²) < 4.78 is 14.0. The molecule has 0 saturated heterocycles. The lowest BCUT2D eigenvalue weighted by atomic mass is 9.53. The average Bonchev–Trinajstić information content (AvgIpc) is 1.75. The summed E-state index contributed by atoms with van der Waals surface area (Å²) in [4.78, 5) is 0. The van der Waals surface area contributed by atoms with Crippen molar-refractivity contribution in [2.75, 3.05) is 0 Å². The van der Waals surface area contributed by atoms with E-state index in [0.717, 1.165) is 25.7 Å². The van der Waals surface area contributed by atoms with Gasteiger partial charge in [0.05, 0.1) is 5.60 Å². The first-order valence-corrected chi connectivity index (χ1v) is 4.98. The summed E-state index contributed by atoms with van der Waals surface area (Å²) in [6.07, 6.45) is 4.79. The van der Waals surface area contributed by atoms with E-state index in [9.17, 15) is 9.50 Å². The summed E-state index contributed by atoms with van der Waals surface area (Å²) in [6, 6.07) is 0. The van der Waals surface area contributed by atoms with E-state index >= 15 is 0 Å². The van der Waals surface area contributed by atoms with Crippen molar-refractivity contribution in [2.45, 2.75) is 49.8 Å². The highest BCUT2D eigenvalue weighted by atomic mass is 19.1. The first-order chi connectivity index (χ1) is 5.57. The van der Waals surface area contributed by atoms with E-state index in [1.807, 2.05) is 0 Å². The van der Waals surface area contributed by atoms with Crippen LogP contribution < -0.4 is 0 Å².